The van der Waals surface area contributed by atoms with E-state index in [1.807, 2.05) is 68.4 Å². The van der Waals surface area contributed by atoms with Crippen LogP contribution in [0.1, 0.15) is 50.4 Å². The summed E-state index contributed by atoms with van der Waals surface area (Å²) in [6, 6.07) is 19.6. The number of carbonyl (C=O) groups excluding carboxylic acids is 1. The van der Waals surface area contributed by atoms with Crippen molar-refractivity contribution in [2.45, 2.75) is 46.4 Å². The van der Waals surface area contributed by atoms with E-state index in [0.717, 1.165) is 11.1 Å². The zero-order valence-electron chi connectivity index (χ0n) is 25.1. The molecule has 0 spiro atoms. The Bertz CT molecular complexity index is 1910. The zero-order valence-corrected chi connectivity index (χ0v) is 26.7. The maximum absolute atomic E-state index is 14.0. The summed E-state index contributed by atoms with van der Waals surface area (Å²) in [5, 5.41) is 0.636. The van der Waals surface area contributed by atoms with E-state index in [4.69, 9.17) is 30.5 Å². The lowest BCUT2D eigenvalue weighted by Gasteiger charge is -2.25. The molecule has 44 heavy (non-hydrogen) atoms. The Morgan fingerprint density at radius 1 is 1.09 bits per heavy atom. The van der Waals surface area contributed by atoms with Gasteiger partial charge in [-0.15, -0.1) is 0 Å². The highest BCUT2D eigenvalue weighted by Crippen LogP contribution is 2.36. The molecule has 1 aliphatic rings. The number of aromatic nitrogens is 1. The fourth-order valence-electron chi connectivity index (χ4n) is 4.93. The minimum absolute atomic E-state index is 0.0651. The van der Waals surface area contributed by atoms with Gasteiger partial charge in [-0.25, -0.2) is 9.79 Å². The van der Waals surface area contributed by atoms with Gasteiger partial charge in [0.2, 0.25) is 0 Å². The number of methoxy groups -OCH3 is 1. The molecule has 0 unspecified atom stereocenters. The van der Waals surface area contributed by atoms with Crippen molar-refractivity contribution in [2.24, 2.45) is 4.99 Å². The molecule has 0 saturated carbocycles. The van der Waals surface area contributed by atoms with Crippen LogP contribution < -0.4 is 29.1 Å². The molecular formula is C34H33ClN2O6S. The van der Waals surface area contributed by atoms with Crippen molar-refractivity contribution in [3.8, 4) is 17.2 Å². The summed E-state index contributed by atoms with van der Waals surface area (Å²) < 4.78 is 24.9. The van der Waals surface area contributed by atoms with Crippen molar-refractivity contribution in [3.05, 3.63) is 119 Å². The van der Waals surface area contributed by atoms with E-state index in [1.165, 1.54) is 11.3 Å². The van der Waals surface area contributed by atoms with Gasteiger partial charge in [-0.2, -0.15) is 0 Å². The highest BCUT2D eigenvalue weighted by Gasteiger charge is 2.34. The van der Waals surface area contributed by atoms with Gasteiger partial charge in [0.15, 0.2) is 16.3 Å². The smallest absolute Gasteiger partial charge is 0.338 e. The Kier molecular flexibility index (Phi) is 9.56. The number of carbonyl (C=O) groups is 1. The number of nitrogens with zero attached hydrogens (tertiary/aromatic N) is 2. The van der Waals surface area contributed by atoms with Crippen LogP contribution in [0.15, 0.2) is 87.8 Å². The highest BCUT2D eigenvalue weighted by molar-refractivity contribution is 7.07. The molecule has 0 amide bonds. The summed E-state index contributed by atoms with van der Waals surface area (Å²) in [5.41, 5.74) is 2.82. The SMILES string of the molecule is CCOC(=O)C1=C(C)N=c2s/c(=C/c3cccc(OCc4ccccc4Cl)c3)c(=O)n2[C@@H]1c1ccc(OC(C)C)c(OC)c1. The van der Waals surface area contributed by atoms with Crippen molar-refractivity contribution < 1.29 is 23.7 Å². The molecule has 228 valence electrons. The van der Waals surface area contributed by atoms with E-state index < -0.39 is 12.0 Å². The van der Waals surface area contributed by atoms with Crippen LogP contribution in [0.5, 0.6) is 17.2 Å². The lowest BCUT2D eigenvalue weighted by atomic mass is 9.95. The Balaban J connectivity index is 1.57. The number of hydrogen-bond acceptors (Lipinski definition) is 8. The standard InChI is InChI=1S/C34H33ClN2O6S/c1-6-41-33(39)30-21(4)36-34-37(31(30)23-14-15-27(43-20(2)3)28(18-23)40-5)32(38)29(44-34)17-22-10-9-12-25(16-22)42-19-24-11-7-8-13-26(24)35/h7-18,20,31H,6,19H2,1-5H3/b29-17+/t31-/m1/s1. The lowest BCUT2D eigenvalue weighted by molar-refractivity contribution is -0.139. The lowest BCUT2D eigenvalue weighted by Crippen LogP contribution is -2.40. The molecule has 5 rings (SSSR count). The molecule has 1 atom stereocenters. The monoisotopic (exact) mass is 632 g/mol. The molecule has 0 N–H and O–H groups in total. The van der Waals surface area contributed by atoms with Crippen LogP contribution in [0.2, 0.25) is 5.02 Å². The van der Waals surface area contributed by atoms with Crippen LogP contribution in [-0.4, -0.2) is 30.4 Å². The average Bonchev–Trinajstić information content (AvgIpc) is 3.30. The third-order valence-electron chi connectivity index (χ3n) is 6.89. The molecule has 8 nitrogen and oxygen atoms in total. The van der Waals surface area contributed by atoms with Gasteiger partial charge in [-0.05, 0) is 75.2 Å². The fraction of sp³-hybridized carbons (Fsp3) is 0.265. The summed E-state index contributed by atoms with van der Waals surface area (Å²) in [6.07, 6.45) is 1.73. The van der Waals surface area contributed by atoms with E-state index in [0.29, 0.717) is 55.0 Å². The molecule has 0 bridgehead atoms. The first-order valence-electron chi connectivity index (χ1n) is 14.2. The number of fused-ring (bicyclic) bond motifs is 1. The Morgan fingerprint density at radius 3 is 2.61 bits per heavy atom. The number of halogens is 1. The Morgan fingerprint density at radius 2 is 1.89 bits per heavy atom. The molecule has 0 saturated heterocycles. The molecule has 4 aromatic rings. The summed E-state index contributed by atoms with van der Waals surface area (Å²) >= 11 is 7.53. The Labute approximate surface area is 264 Å². The molecule has 2 heterocycles. The molecule has 0 aliphatic carbocycles. The quantitative estimate of drug-likeness (QED) is 0.205. The number of benzene rings is 3. The largest absolute Gasteiger partial charge is 0.493 e. The van der Waals surface area contributed by atoms with Gasteiger partial charge in [0, 0.05) is 10.6 Å². The van der Waals surface area contributed by atoms with Crippen molar-refractivity contribution in [3.63, 3.8) is 0 Å². The number of hydrogen-bond donors (Lipinski definition) is 0. The molecule has 3 aromatic carbocycles. The molecule has 1 aromatic heterocycles. The van der Waals surface area contributed by atoms with Gasteiger partial charge >= 0.3 is 5.97 Å². The predicted octanol–water partition coefficient (Wildman–Crippen LogP) is 5.83. The number of ether oxygens (including phenoxy) is 4. The fourth-order valence-corrected chi connectivity index (χ4v) is 6.17. The highest BCUT2D eigenvalue weighted by atomic mass is 35.5. The molecule has 1 aliphatic heterocycles. The van der Waals surface area contributed by atoms with Crippen molar-refractivity contribution in [2.75, 3.05) is 13.7 Å². The zero-order chi connectivity index (χ0) is 31.4. The average molecular weight is 633 g/mol. The normalized spacial score (nSPS) is 14.7. The van der Waals surface area contributed by atoms with Gasteiger partial charge in [0.1, 0.15) is 12.4 Å². The van der Waals surface area contributed by atoms with E-state index in [9.17, 15) is 9.59 Å². The van der Waals surface area contributed by atoms with Gasteiger partial charge in [-0.3, -0.25) is 9.36 Å². The number of esters is 1. The number of allylic oxidation sites excluding steroid dienone is 1. The van der Waals surface area contributed by atoms with Crippen molar-refractivity contribution in [1.82, 2.24) is 4.57 Å². The summed E-state index contributed by atoms with van der Waals surface area (Å²) in [4.78, 5) is 32.4. The second-order valence-electron chi connectivity index (χ2n) is 10.3. The van der Waals surface area contributed by atoms with Gasteiger partial charge in [0.05, 0.1) is 41.7 Å². The second-order valence-corrected chi connectivity index (χ2v) is 11.7. The third-order valence-corrected chi connectivity index (χ3v) is 8.24. The first-order chi connectivity index (χ1) is 21.2. The van der Waals surface area contributed by atoms with Gasteiger partial charge < -0.3 is 18.9 Å². The van der Waals surface area contributed by atoms with Crippen molar-refractivity contribution >= 4 is 35.0 Å². The minimum Gasteiger partial charge on any atom is -0.493 e. The van der Waals surface area contributed by atoms with Crippen molar-refractivity contribution in [1.29, 1.82) is 0 Å². The van der Waals surface area contributed by atoms with E-state index >= 15 is 0 Å². The molecule has 0 fully saturated rings. The summed E-state index contributed by atoms with van der Waals surface area (Å²) in [7, 11) is 1.55. The van der Waals surface area contributed by atoms with E-state index in [2.05, 4.69) is 4.99 Å². The minimum atomic E-state index is -0.778. The van der Waals surface area contributed by atoms with Gasteiger partial charge in [0.25, 0.3) is 5.56 Å². The van der Waals surface area contributed by atoms with Crippen LogP contribution in [0, 0.1) is 0 Å². The number of thiazole rings is 1. The van der Waals surface area contributed by atoms with E-state index in [-0.39, 0.29) is 18.3 Å². The van der Waals surface area contributed by atoms with Crippen LogP contribution in [0.4, 0.5) is 0 Å². The first-order valence-corrected chi connectivity index (χ1v) is 15.4. The van der Waals surface area contributed by atoms with Crippen LogP contribution in [0.25, 0.3) is 6.08 Å². The molecule has 10 heteroatoms. The van der Waals surface area contributed by atoms with Crippen LogP contribution in [0.3, 0.4) is 0 Å². The topological polar surface area (TPSA) is 88.4 Å². The Hall–Kier alpha value is -4.34. The summed E-state index contributed by atoms with van der Waals surface area (Å²) in [5.74, 6) is 1.16. The molecular weight excluding hydrogens is 600 g/mol. The van der Waals surface area contributed by atoms with E-state index in [1.54, 1.807) is 43.7 Å². The molecule has 0 radical (unpaired) electrons. The van der Waals surface area contributed by atoms with Crippen LogP contribution in [-0.2, 0) is 16.1 Å². The first kappa shape index (κ1) is 31.1. The maximum atomic E-state index is 14.0. The van der Waals surface area contributed by atoms with Crippen LogP contribution >= 0.6 is 22.9 Å². The third kappa shape index (κ3) is 6.59. The second kappa shape index (κ2) is 13.5. The predicted molar refractivity (Wildman–Crippen MR) is 171 cm³/mol. The maximum Gasteiger partial charge on any atom is 0.338 e. The van der Waals surface area contributed by atoms with Gasteiger partial charge in [-0.1, -0.05) is 59.3 Å². The number of rotatable bonds is 10. The summed E-state index contributed by atoms with van der Waals surface area (Å²) in [6.45, 7) is 7.85.